The molecule has 1 heteroatoms. The SMILES string of the molecule is [CH]1C=CC(C2C(C3=C[CH]C=C3)C2N2CCCCC2)=C1. The van der Waals surface area contributed by atoms with Gasteiger partial charge >= 0.3 is 0 Å². The average molecular weight is 251 g/mol. The van der Waals surface area contributed by atoms with Crippen LogP contribution in [-0.4, -0.2) is 24.0 Å². The molecule has 2 atom stereocenters. The van der Waals surface area contributed by atoms with Crippen LogP contribution in [0.25, 0.3) is 0 Å². The Labute approximate surface area is 116 Å². The van der Waals surface area contributed by atoms with Crippen LogP contribution in [0.2, 0.25) is 0 Å². The van der Waals surface area contributed by atoms with Crippen molar-refractivity contribution in [2.45, 2.75) is 25.3 Å². The van der Waals surface area contributed by atoms with Gasteiger partial charge in [0.25, 0.3) is 0 Å². The Morgan fingerprint density at radius 3 is 1.84 bits per heavy atom. The number of likely N-dealkylation sites (tertiary alicyclic amines) is 1. The highest BCUT2D eigenvalue weighted by Crippen LogP contribution is 2.54. The van der Waals surface area contributed by atoms with E-state index in [0.29, 0.717) is 0 Å². The van der Waals surface area contributed by atoms with Gasteiger partial charge in [-0.2, -0.15) is 0 Å². The summed E-state index contributed by atoms with van der Waals surface area (Å²) in [5.41, 5.74) is 3.09. The van der Waals surface area contributed by atoms with E-state index in [1.165, 1.54) is 32.4 Å². The molecule has 0 aromatic heterocycles. The molecule has 1 saturated heterocycles. The molecule has 3 aliphatic carbocycles. The highest BCUT2D eigenvalue weighted by Gasteiger charge is 2.55. The van der Waals surface area contributed by atoms with Crippen molar-refractivity contribution >= 4 is 0 Å². The molecule has 2 fully saturated rings. The van der Waals surface area contributed by atoms with Crippen molar-refractivity contribution in [1.29, 1.82) is 0 Å². The number of nitrogens with zero attached hydrogens (tertiary/aromatic N) is 1. The fourth-order valence-electron chi connectivity index (χ4n) is 4.00. The first-order valence-corrected chi connectivity index (χ1v) is 7.62. The summed E-state index contributed by atoms with van der Waals surface area (Å²) in [6.07, 6.45) is 22.2. The van der Waals surface area contributed by atoms with Crippen LogP contribution in [0.15, 0.2) is 47.6 Å². The zero-order valence-electron chi connectivity index (χ0n) is 11.3. The summed E-state index contributed by atoms with van der Waals surface area (Å²) >= 11 is 0. The van der Waals surface area contributed by atoms with Crippen LogP contribution in [0.5, 0.6) is 0 Å². The first-order chi connectivity index (χ1) is 9.45. The Morgan fingerprint density at radius 1 is 0.789 bits per heavy atom. The molecule has 0 spiro atoms. The Kier molecular flexibility index (Phi) is 2.96. The third-order valence-electron chi connectivity index (χ3n) is 4.94. The molecule has 4 rings (SSSR count). The largest absolute Gasteiger partial charge is 0.299 e. The molecule has 2 unspecified atom stereocenters. The highest BCUT2D eigenvalue weighted by molar-refractivity contribution is 5.48. The van der Waals surface area contributed by atoms with E-state index in [0.717, 1.165) is 17.9 Å². The Morgan fingerprint density at radius 2 is 1.37 bits per heavy atom. The predicted molar refractivity (Wildman–Crippen MR) is 79.2 cm³/mol. The minimum absolute atomic E-state index is 0.732. The number of rotatable bonds is 3. The van der Waals surface area contributed by atoms with Crippen molar-refractivity contribution in [3.8, 4) is 0 Å². The minimum atomic E-state index is 0.732. The molecule has 98 valence electrons. The lowest BCUT2D eigenvalue weighted by Gasteiger charge is -2.27. The van der Waals surface area contributed by atoms with Crippen LogP contribution in [0.1, 0.15) is 19.3 Å². The van der Waals surface area contributed by atoms with E-state index in [2.05, 4.69) is 54.2 Å². The van der Waals surface area contributed by atoms with Gasteiger partial charge in [0.2, 0.25) is 0 Å². The highest BCUT2D eigenvalue weighted by atomic mass is 15.2. The van der Waals surface area contributed by atoms with E-state index >= 15 is 0 Å². The van der Waals surface area contributed by atoms with Crippen LogP contribution in [0, 0.1) is 24.7 Å². The normalized spacial score (nSPS) is 37.6. The molecular formula is C18H21N. The second kappa shape index (κ2) is 4.79. The molecule has 0 N–H and O–H groups in total. The number of hydrogen-bond donors (Lipinski definition) is 0. The second-order valence-corrected chi connectivity index (χ2v) is 6.08. The standard InChI is InChI=1S/C18H21N/c1-6-12-19(13-7-1)18-16(14-8-2-3-9-14)17(18)15-10-4-5-11-15/h2-5,8-11,16-18H,1,6-7,12-13H2. The number of piperidine rings is 1. The first-order valence-electron chi connectivity index (χ1n) is 7.62. The van der Waals surface area contributed by atoms with E-state index < -0.39 is 0 Å². The molecule has 0 bridgehead atoms. The summed E-state index contributed by atoms with van der Waals surface area (Å²) in [6.45, 7) is 2.61. The molecule has 1 nitrogen and oxygen atoms in total. The fraction of sp³-hybridized carbons (Fsp3) is 0.444. The summed E-state index contributed by atoms with van der Waals surface area (Å²) in [5.74, 6) is 1.46. The van der Waals surface area contributed by atoms with E-state index in [4.69, 9.17) is 0 Å². The fourth-order valence-corrected chi connectivity index (χ4v) is 4.00. The molecule has 1 heterocycles. The van der Waals surface area contributed by atoms with Crippen molar-refractivity contribution < 1.29 is 0 Å². The van der Waals surface area contributed by atoms with Gasteiger partial charge in [-0.3, -0.25) is 4.90 Å². The zero-order chi connectivity index (χ0) is 12.7. The molecular weight excluding hydrogens is 230 g/mol. The zero-order valence-corrected chi connectivity index (χ0v) is 11.3. The van der Waals surface area contributed by atoms with E-state index in [1.54, 1.807) is 11.1 Å². The third kappa shape index (κ3) is 2.04. The van der Waals surface area contributed by atoms with Crippen molar-refractivity contribution in [1.82, 2.24) is 4.90 Å². The quantitative estimate of drug-likeness (QED) is 0.742. The summed E-state index contributed by atoms with van der Waals surface area (Å²) in [5, 5.41) is 0. The molecule has 1 saturated carbocycles. The van der Waals surface area contributed by atoms with Crippen molar-refractivity contribution in [3.63, 3.8) is 0 Å². The summed E-state index contributed by atoms with van der Waals surface area (Å²) in [7, 11) is 0. The lowest BCUT2D eigenvalue weighted by molar-refractivity contribution is 0.208. The molecule has 4 aliphatic rings. The van der Waals surface area contributed by atoms with Gasteiger partial charge in [-0.05, 0) is 37.1 Å². The lowest BCUT2D eigenvalue weighted by atomic mass is 10.1. The lowest BCUT2D eigenvalue weighted by Crippen LogP contribution is -2.33. The van der Waals surface area contributed by atoms with Gasteiger partial charge in [0.05, 0.1) is 0 Å². The Hall–Kier alpha value is -1.08. The van der Waals surface area contributed by atoms with Gasteiger partial charge in [0.1, 0.15) is 0 Å². The predicted octanol–water partition coefficient (Wildman–Crippen LogP) is 3.49. The van der Waals surface area contributed by atoms with Gasteiger partial charge in [0.15, 0.2) is 0 Å². The molecule has 0 amide bonds. The maximum atomic E-state index is 2.75. The number of hydrogen-bond acceptors (Lipinski definition) is 1. The number of allylic oxidation sites excluding steroid dienone is 6. The molecule has 1 aliphatic heterocycles. The maximum absolute atomic E-state index is 2.75. The van der Waals surface area contributed by atoms with Crippen LogP contribution in [0.4, 0.5) is 0 Å². The Bertz CT molecular complexity index is 438. The van der Waals surface area contributed by atoms with Gasteiger partial charge in [-0.25, -0.2) is 0 Å². The summed E-state index contributed by atoms with van der Waals surface area (Å²) in [6, 6.07) is 0.755. The van der Waals surface area contributed by atoms with Crippen molar-refractivity contribution in [2.24, 2.45) is 11.8 Å². The van der Waals surface area contributed by atoms with Crippen LogP contribution >= 0.6 is 0 Å². The maximum Gasteiger partial charge on any atom is 0.0245 e. The third-order valence-corrected chi connectivity index (χ3v) is 4.94. The van der Waals surface area contributed by atoms with E-state index in [-0.39, 0.29) is 0 Å². The molecule has 19 heavy (non-hydrogen) atoms. The molecule has 0 aromatic rings. The van der Waals surface area contributed by atoms with Gasteiger partial charge in [-0.1, -0.05) is 42.9 Å². The topological polar surface area (TPSA) is 3.24 Å². The summed E-state index contributed by atoms with van der Waals surface area (Å²) in [4.78, 5) is 2.75. The average Bonchev–Trinajstić information content (AvgIpc) is 2.92. The minimum Gasteiger partial charge on any atom is -0.299 e. The van der Waals surface area contributed by atoms with Crippen molar-refractivity contribution in [2.75, 3.05) is 13.1 Å². The van der Waals surface area contributed by atoms with E-state index in [9.17, 15) is 0 Å². The monoisotopic (exact) mass is 251 g/mol. The van der Waals surface area contributed by atoms with E-state index in [1.807, 2.05) is 0 Å². The Balaban J connectivity index is 1.56. The van der Waals surface area contributed by atoms with Gasteiger partial charge in [0, 0.05) is 30.7 Å². The smallest absolute Gasteiger partial charge is 0.0245 e. The molecule has 0 aromatic carbocycles. The second-order valence-electron chi connectivity index (χ2n) is 6.08. The first kappa shape index (κ1) is 11.7. The van der Waals surface area contributed by atoms with Crippen LogP contribution in [0.3, 0.4) is 0 Å². The molecule has 2 radical (unpaired) electrons. The van der Waals surface area contributed by atoms with Crippen LogP contribution in [-0.2, 0) is 0 Å². The summed E-state index contributed by atoms with van der Waals surface area (Å²) < 4.78 is 0. The van der Waals surface area contributed by atoms with Gasteiger partial charge < -0.3 is 0 Å². The van der Waals surface area contributed by atoms with Crippen molar-refractivity contribution in [3.05, 3.63) is 60.4 Å². The van der Waals surface area contributed by atoms with Gasteiger partial charge in [-0.15, -0.1) is 0 Å². The van der Waals surface area contributed by atoms with Crippen LogP contribution < -0.4 is 0 Å².